The normalized spacial score (nSPS) is 12.6. The number of hydrogen-bond acceptors (Lipinski definition) is 6. The van der Waals surface area contributed by atoms with Gasteiger partial charge in [0.15, 0.2) is 5.82 Å². The Morgan fingerprint density at radius 1 is 1.24 bits per heavy atom. The SMILES string of the molecule is COc1ccc(OC)c(-c2csc3nnc(C(C)N)n23)c1. The molecule has 0 aliphatic carbocycles. The maximum atomic E-state index is 5.98. The van der Waals surface area contributed by atoms with Crippen LogP contribution in [0, 0.1) is 0 Å². The predicted molar refractivity (Wildman–Crippen MR) is 82.0 cm³/mol. The van der Waals surface area contributed by atoms with Crippen molar-refractivity contribution in [3.63, 3.8) is 0 Å². The monoisotopic (exact) mass is 304 g/mol. The van der Waals surface area contributed by atoms with Gasteiger partial charge in [-0.2, -0.15) is 0 Å². The summed E-state index contributed by atoms with van der Waals surface area (Å²) in [5.74, 6) is 2.26. The van der Waals surface area contributed by atoms with E-state index in [1.54, 1.807) is 14.2 Å². The van der Waals surface area contributed by atoms with Gasteiger partial charge < -0.3 is 15.2 Å². The van der Waals surface area contributed by atoms with Crippen molar-refractivity contribution < 1.29 is 9.47 Å². The van der Waals surface area contributed by atoms with Gasteiger partial charge in [0.2, 0.25) is 4.96 Å². The number of hydrogen-bond donors (Lipinski definition) is 1. The number of methoxy groups -OCH3 is 2. The van der Waals surface area contributed by atoms with E-state index in [1.807, 2.05) is 34.9 Å². The molecule has 0 fully saturated rings. The molecule has 0 aliphatic heterocycles. The quantitative estimate of drug-likeness (QED) is 0.801. The molecule has 3 rings (SSSR count). The molecule has 0 saturated heterocycles. The highest BCUT2D eigenvalue weighted by Gasteiger charge is 2.18. The Balaban J connectivity index is 2.27. The molecule has 7 heteroatoms. The molecule has 0 radical (unpaired) electrons. The van der Waals surface area contributed by atoms with Crippen LogP contribution in [-0.4, -0.2) is 28.8 Å². The largest absolute Gasteiger partial charge is 0.497 e. The highest BCUT2D eigenvalue weighted by Crippen LogP contribution is 2.36. The zero-order valence-corrected chi connectivity index (χ0v) is 12.8. The molecule has 1 unspecified atom stereocenters. The molecule has 6 nitrogen and oxygen atoms in total. The number of nitrogens with zero attached hydrogens (tertiary/aromatic N) is 3. The lowest BCUT2D eigenvalue weighted by Crippen LogP contribution is -2.10. The van der Waals surface area contributed by atoms with Gasteiger partial charge in [-0.15, -0.1) is 21.5 Å². The van der Waals surface area contributed by atoms with E-state index in [-0.39, 0.29) is 6.04 Å². The van der Waals surface area contributed by atoms with E-state index in [0.717, 1.165) is 33.5 Å². The number of rotatable bonds is 4. The van der Waals surface area contributed by atoms with Crippen molar-refractivity contribution in [3.05, 3.63) is 29.4 Å². The third-order valence-corrected chi connectivity index (χ3v) is 4.08. The molecule has 1 atom stereocenters. The van der Waals surface area contributed by atoms with Crippen LogP contribution in [0.25, 0.3) is 16.2 Å². The van der Waals surface area contributed by atoms with Gasteiger partial charge in [-0.25, -0.2) is 0 Å². The summed E-state index contributed by atoms with van der Waals surface area (Å²) in [7, 11) is 3.29. The molecule has 110 valence electrons. The second kappa shape index (κ2) is 5.34. The molecule has 0 amide bonds. The Kier molecular flexibility index (Phi) is 3.52. The summed E-state index contributed by atoms with van der Waals surface area (Å²) >= 11 is 1.52. The van der Waals surface area contributed by atoms with Crippen LogP contribution in [0.2, 0.25) is 0 Å². The maximum Gasteiger partial charge on any atom is 0.216 e. The minimum absolute atomic E-state index is 0.204. The van der Waals surface area contributed by atoms with Crippen molar-refractivity contribution in [2.24, 2.45) is 5.73 Å². The Labute approximate surface area is 126 Å². The van der Waals surface area contributed by atoms with Crippen molar-refractivity contribution in [1.82, 2.24) is 14.6 Å². The number of aromatic nitrogens is 3. The van der Waals surface area contributed by atoms with Gasteiger partial charge in [-0.3, -0.25) is 4.40 Å². The van der Waals surface area contributed by atoms with Crippen LogP contribution in [0.5, 0.6) is 11.5 Å². The summed E-state index contributed by atoms with van der Waals surface area (Å²) in [5.41, 5.74) is 7.85. The van der Waals surface area contributed by atoms with Crippen LogP contribution in [0.15, 0.2) is 23.6 Å². The van der Waals surface area contributed by atoms with Crippen LogP contribution < -0.4 is 15.2 Å². The summed E-state index contributed by atoms with van der Waals surface area (Å²) in [6.45, 7) is 1.89. The summed E-state index contributed by atoms with van der Waals surface area (Å²) in [5, 5.41) is 10.3. The fraction of sp³-hybridized carbons (Fsp3) is 0.286. The molecule has 0 saturated carbocycles. The predicted octanol–water partition coefficient (Wildman–Crippen LogP) is 2.49. The van der Waals surface area contributed by atoms with E-state index >= 15 is 0 Å². The molecule has 3 aromatic rings. The van der Waals surface area contributed by atoms with Crippen LogP contribution >= 0.6 is 11.3 Å². The number of fused-ring (bicyclic) bond motifs is 1. The van der Waals surface area contributed by atoms with Gasteiger partial charge in [0.1, 0.15) is 11.5 Å². The third-order valence-electron chi connectivity index (χ3n) is 3.27. The Hall–Kier alpha value is -2.12. The molecule has 2 aromatic heterocycles. The average Bonchev–Trinajstić information content (AvgIpc) is 3.07. The van der Waals surface area contributed by atoms with Crippen LogP contribution in [0.4, 0.5) is 0 Å². The maximum absolute atomic E-state index is 5.98. The van der Waals surface area contributed by atoms with Gasteiger partial charge in [0.05, 0.1) is 26.0 Å². The van der Waals surface area contributed by atoms with Crippen molar-refractivity contribution in [1.29, 1.82) is 0 Å². The van der Waals surface area contributed by atoms with E-state index in [2.05, 4.69) is 10.2 Å². The van der Waals surface area contributed by atoms with Gasteiger partial charge in [-0.1, -0.05) is 0 Å². The van der Waals surface area contributed by atoms with Crippen LogP contribution in [-0.2, 0) is 0 Å². The van der Waals surface area contributed by atoms with Gasteiger partial charge >= 0.3 is 0 Å². The van der Waals surface area contributed by atoms with Gasteiger partial charge in [0, 0.05) is 10.9 Å². The number of benzene rings is 1. The zero-order chi connectivity index (χ0) is 15.0. The standard InChI is InChI=1S/C14H16N4O2S/c1-8(15)13-16-17-14-18(13)11(7-21-14)10-6-9(19-2)4-5-12(10)20-3/h4-8H,15H2,1-3H3. The van der Waals surface area contributed by atoms with Crippen LogP contribution in [0.1, 0.15) is 18.8 Å². The number of ether oxygens (including phenoxy) is 2. The minimum Gasteiger partial charge on any atom is -0.497 e. The van der Waals surface area contributed by atoms with Crippen molar-refractivity contribution >= 4 is 16.3 Å². The fourth-order valence-corrected chi connectivity index (χ4v) is 3.07. The van der Waals surface area contributed by atoms with E-state index < -0.39 is 0 Å². The number of thiazole rings is 1. The topological polar surface area (TPSA) is 74.7 Å². The highest BCUT2D eigenvalue weighted by atomic mass is 32.1. The summed E-state index contributed by atoms with van der Waals surface area (Å²) in [6.07, 6.45) is 0. The zero-order valence-electron chi connectivity index (χ0n) is 12.0. The smallest absolute Gasteiger partial charge is 0.216 e. The lowest BCUT2D eigenvalue weighted by atomic mass is 10.1. The molecular formula is C14H16N4O2S. The first-order valence-corrected chi connectivity index (χ1v) is 7.34. The minimum atomic E-state index is -0.204. The molecule has 2 heterocycles. The van der Waals surface area contributed by atoms with Gasteiger partial charge in [-0.05, 0) is 25.1 Å². The Bertz CT molecular complexity index is 778. The van der Waals surface area contributed by atoms with E-state index in [4.69, 9.17) is 15.2 Å². The van der Waals surface area contributed by atoms with Crippen LogP contribution in [0.3, 0.4) is 0 Å². The molecule has 0 spiro atoms. The van der Waals surface area contributed by atoms with Crippen molar-refractivity contribution in [2.75, 3.05) is 14.2 Å². The molecule has 2 N–H and O–H groups in total. The van der Waals surface area contributed by atoms with E-state index in [1.165, 1.54) is 11.3 Å². The lowest BCUT2D eigenvalue weighted by Gasteiger charge is -2.11. The van der Waals surface area contributed by atoms with Crippen molar-refractivity contribution in [3.8, 4) is 22.8 Å². The first kappa shape index (κ1) is 13.8. The lowest BCUT2D eigenvalue weighted by molar-refractivity contribution is 0.404. The van der Waals surface area contributed by atoms with E-state index in [0.29, 0.717) is 0 Å². The molecule has 0 bridgehead atoms. The first-order valence-electron chi connectivity index (χ1n) is 6.46. The molecule has 1 aromatic carbocycles. The average molecular weight is 304 g/mol. The molecular weight excluding hydrogens is 288 g/mol. The Morgan fingerprint density at radius 2 is 2.05 bits per heavy atom. The fourth-order valence-electron chi connectivity index (χ4n) is 2.24. The van der Waals surface area contributed by atoms with Gasteiger partial charge in [0.25, 0.3) is 0 Å². The van der Waals surface area contributed by atoms with E-state index in [9.17, 15) is 0 Å². The highest BCUT2D eigenvalue weighted by molar-refractivity contribution is 7.15. The second-order valence-corrected chi connectivity index (χ2v) is 5.49. The summed E-state index contributed by atoms with van der Waals surface area (Å²) in [6, 6.07) is 5.48. The number of nitrogens with two attached hydrogens (primary N) is 1. The molecule has 0 aliphatic rings. The third kappa shape index (κ3) is 2.24. The summed E-state index contributed by atoms with van der Waals surface area (Å²) in [4.78, 5) is 0.808. The van der Waals surface area contributed by atoms with Crippen molar-refractivity contribution in [2.45, 2.75) is 13.0 Å². The first-order chi connectivity index (χ1) is 10.2. The molecule has 21 heavy (non-hydrogen) atoms. The summed E-state index contributed by atoms with van der Waals surface area (Å²) < 4.78 is 12.7. The second-order valence-electron chi connectivity index (χ2n) is 4.65. The Morgan fingerprint density at radius 3 is 2.71 bits per heavy atom.